The molecule has 2 rings (SSSR count). The molecule has 4 heteroatoms. The molecule has 88 valence electrons. The van der Waals surface area contributed by atoms with Gasteiger partial charge in [-0.3, -0.25) is 0 Å². The average Bonchev–Trinajstić information content (AvgIpc) is 2.77. The van der Waals surface area contributed by atoms with Gasteiger partial charge in [0.15, 0.2) is 0 Å². The fourth-order valence-corrected chi connectivity index (χ4v) is 2.24. The molecule has 2 N–H and O–H groups in total. The molecular formula is C12H18N2O2. The summed E-state index contributed by atoms with van der Waals surface area (Å²) < 4.78 is 10.4. The van der Waals surface area contributed by atoms with Gasteiger partial charge in [-0.25, -0.2) is 4.98 Å². The molecule has 1 aromatic heterocycles. The van der Waals surface area contributed by atoms with Crippen molar-refractivity contribution in [1.82, 2.24) is 4.98 Å². The third-order valence-electron chi connectivity index (χ3n) is 3.55. The van der Waals surface area contributed by atoms with E-state index < -0.39 is 0 Å². The number of hydrogen-bond donors (Lipinski definition) is 1. The fourth-order valence-electron chi connectivity index (χ4n) is 2.24. The van der Waals surface area contributed by atoms with E-state index in [1.807, 2.05) is 6.07 Å². The molecule has 1 saturated carbocycles. The maximum absolute atomic E-state index is 6.07. The summed E-state index contributed by atoms with van der Waals surface area (Å²) in [5, 5.41) is 0. The summed E-state index contributed by atoms with van der Waals surface area (Å²) in [7, 11) is 3.25. The molecule has 2 atom stereocenters. The van der Waals surface area contributed by atoms with E-state index in [9.17, 15) is 0 Å². The Morgan fingerprint density at radius 1 is 1.31 bits per heavy atom. The predicted molar refractivity (Wildman–Crippen MR) is 61.8 cm³/mol. The first kappa shape index (κ1) is 11.2. The van der Waals surface area contributed by atoms with E-state index in [0.717, 1.165) is 11.3 Å². The van der Waals surface area contributed by atoms with Crippen LogP contribution in [0.15, 0.2) is 12.3 Å². The van der Waals surface area contributed by atoms with Crippen molar-refractivity contribution in [2.24, 2.45) is 11.1 Å². The number of nitrogens with two attached hydrogens (primary N) is 1. The summed E-state index contributed by atoms with van der Waals surface area (Å²) in [6.45, 7) is 4.32. The second-order valence-electron chi connectivity index (χ2n) is 4.79. The van der Waals surface area contributed by atoms with Crippen LogP contribution >= 0.6 is 0 Å². The Bertz CT molecular complexity index is 404. The summed E-state index contributed by atoms with van der Waals surface area (Å²) in [4.78, 5) is 4.12. The topological polar surface area (TPSA) is 57.4 Å². The smallest absolute Gasteiger partial charge is 0.213 e. The van der Waals surface area contributed by atoms with Crippen LogP contribution in [0, 0.1) is 5.41 Å². The number of rotatable bonds is 3. The van der Waals surface area contributed by atoms with Crippen molar-refractivity contribution >= 4 is 0 Å². The van der Waals surface area contributed by atoms with Crippen LogP contribution in [-0.2, 0) is 0 Å². The summed E-state index contributed by atoms with van der Waals surface area (Å²) in [5.74, 6) is 1.71. The van der Waals surface area contributed by atoms with Gasteiger partial charge in [-0.2, -0.15) is 0 Å². The van der Waals surface area contributed by atoms with Crippen LogP contribution in [0.25, 0.3) is 0 Å². The summed E-state index contributed by atoms with van der Waals surface area (Å²) in [5.41, 5.74) is 7.29. The summed E-state index contributed by atoms with van der Waals surface area (Å²) >= 11 is 0. The van der Waals surface area contributed by atoms with Crippen molar-refractivity contribution in [2.45, 2.75) is 25.8 Å². The Morgan fingerprint density at radius 2 is 1.94 bits per heavy atom. The molecule has 0 aromatic carbocycles. The van der Waals surface area contributed by atoms with Crippen molar-refractivity contribution < 1.29 is 9.47 Å². The predicted octanol–water partition coefficient (Wildman–Crippen LogP) is 1.55. The molecule has 4 nitrogen and oxygen atoms in total. The number of ether oxygens (including phenoxy) is 2. The average molecular weight is 222 g/mol. The Morgan fingerprint density at radius 3 is 2.38 bits per heavy atom. The van der Waals surface area contributed by atoms with E-state index >= 15 is 0 Å². The van der Waals surface area contributed by atoms with Crippen molar-refractivity contribution in [3.05, 3.63) is 17.8 Å². The minimum Gasteiger partial charge on any atom is -0.495 e. The fraction of sp³-hybridized carbons (Fsp3) is 0.583. The lowest BCUT2D eigenvalue weighted by Crippen LogP contribution is -2.06. The molecule has 0 unspecified atom stereocenters. The summed E-state index contributed by atoms with van der Waals surface area (Å²) in [6, 6.07) is 2.09. The lowest BCUT2D eigenvalue weighted by molar-refractivity contribution is 0.383. The zero-order valence-corrected chi connectivity index (χ0v) is 10.2. The molecule has 16 heavy (non-hydrogen) atoms. The van der Waals surface area contributed by atoms with Gasteiger partial charge in [-0.05, 0) is 5.41 Å². The van der Waals surface area contributed by atoms with E-state index in [1.54, 1.807) is 20.4 Å². The molecular weight excluding hydrogens is 204 g/mol. The van der Waals surface area contributed by atoms with Crippen molar-refractivity contribution in [3.8, 4) is 11.6 Å². The Kier molecular flexibility index (Phi) is 2.54. The normalized spacial score (nSPS) is 26.3. The van der Waals surface area contributed by atoms with E-state index in [-0.39, 0.29) is 11.5 Å². The molecule has 1 aromatic rings. The van der Waals surface area contributed by atoms with Crippen molar-refractivity contribution in [3.63, 3.8) is 0 Å². The highest BCUT2D eigenvalue weighted by Crippen LogP contribution is 2.59. The number of methoxy groups -OCH3 is 2. The number of aromatic nitrogens is 1. The number of pyridine rings is 1. The largest absolute Gasteiger partial charge is 0.495 e. The van der Waals surface area contributed by atoms with Gasteiger partial charge < -0.3 is 15.2 Å². The molecule has 1 aliphatic carbocycles. The molecule has 0 saturated heterocycles. The van der Waals surface area contributed by atoms with E-state index in [4.69, 9.17) is 15.2 Å². The molecule has 0 bridgehead atoms. The standard InChI is InChI=1S/C12H18N2O2/c1-12(2)10(11(12)13)7-5-9(16-4)14-6-8(7)15-3/h5-6,10-11H,13H2,1-4H3/t10-,11-/m0/s1. The van der Waals surface area contributed by atoms with Gasteiger partial charge in [-0.1, -0.05) is 13.8 Å². The SMILES string of the molecule is COc1cc([C@H]2[C@H](N)C2(C)C)c(OC)cn1. The van der Waals surface area contributed by atoms with Gasteiger partial charge in [0.25, 0.3) is 0 Å². The van der Waals surface area contributed by atoms with Gasteiger partial charge in [0.05, 0.1) is 20.4 Å². The van der Waals surface area contributed by atoms with E-state index in [2.05, 4.69) is 18.8 Å². The first-order valence-corrected chi connectivity index (χ1v) is 5.36. The minimum atomic E-state index is 0.125. The maximum Gasteiger partial charge on any atom is 0.213 e. The van der Waals surface area contributed by atoms with Crippen LogP contribution in [0.3, 0.4) is 0 Å². The van der Waals surface area contributed by atoms with Gasteiger partial charge in [-0.15, -0.1) is 0 Å². The molecule has 0 radical (unpaired) electrons. The Hall–Kier alpha value is -1.29. The van der Waals surface area contributed by atoms with E-state index in [1.165, 1.54) is 0 Å². The molecule has 0 spiro atoms. The summed E-state index contributed by atoms with van der Waals surface area (Å²) in [6.07, 6.45) is 1.69. The lowest BCUT2D eigenvalue weighted by Gasteiger charge is -2.10. The minimum absolute atomic E-state index is 0.125. The lowest BCUT2D eigenvalue weighted by atomic mass is 10.0. The second-order valence-corrected chi connectivity index (χ2v) is 4.79. The zero-order chi connectivity index (χ0) is 11.9. The third-order valence-corrected chi connectivity index (χ3v) is 3.55. The third kappa shape index (κ3) is 1.53. The highest BCUT2D eigenvalue weighted by atomic mass is 16.5. The van der Waals surface area contributed by atoms with Crippen molar-refractivity contribution in [2.75, 3.05) is 14.2 Å². The highest BCUT2D eigenvalue weighted by molar-refractivity contribution is 5.45. The molecule has 0 amide bonds. The van der Waals surface area contributed by atoms with Crippen LogP contribution in [0.1, 0.15) is 25.3 Å². The molecule has 1 fully saturated rings. The van der Waals surface area contributed by atoms with Crippen LogP contribution in [0.5, 0.6) is 11.6 Å². The van der Waals surface area contributed by atoms with Crippen LogP contribution in [-0.4, -0.2) is 25.2 Å². The monoisotopic (exact) mass is 222 g/mol. The van der Waals surface area contributed by atoms with Crippen molar-refractivity contribution in [1.29, 1.82) is 0 Å². The quantitative estimate of drug-likeness (QED) is 0.843. The molecule has 1 aliphatic rings. The number of nitrogens with zero attached hydrogens (tertiary/aromatic N) is 1. The number of hydrogen-bond acceptors (Lipinski definition) is 4. The van der Waals surface area contributed by atoms with Crippen LogP contribution in [0.4, 0.5) is 0 Å². The first-order valence-electron chi connectivity index (χ1n) is 5.36. The van der Waals surface area contributed by atoms with E-state index in [0.29, 0.717) is 11.8 Å². The molecule has 0 aliphatic heterocycles. The maximum atomic E-state index is 6.07. The first-order chi connectivity index (χ1) is 7.52. The Labute approximate surface area is 95.8 Å². The van der Waals surface area contributed by atoms with Gasteiger partial charge >= 0.3 is 0 Å². The highest BCUT2D eigenvalue weighted by Gasteiger charge is 2.57. The Balaban J connectivity index is 2.39. The second kappa shape index (κ2) is 3.63. The van der Waals surface area contributed by atoms with Crippen LogP contribution in [0.2, 0.25) is 0 Å². The van der Waals surface area contributed by atoms with Gasteiger partial charge in [0, 0.05) is 23.6 Å². The van der Waals surface area contributed by atoms with Crippen LogP contribution < -0.4 is 15.2 Å². The zero-order valence-electron chi connectivity index (χ0n) is 10.2. The van der Waals surface area contributed by atoms with Gasteiger partial charge in [0.1, 0.15) is 5.75 Å². The van der Waals surface area contributed by atoms with Gasteiger partial charge in [0.2, 0.25) is 5.88 Å². The molecule has 1 heterocycles.